The average Bonchev–Trinajstić information content (AvgIpc) is 2.86. The average molecular weight is 283 g/mol. The lowest BCUT2D eigenvalue weighted by Gasteiger charge is -2.25. The summed E-state index contributed by atoms with van der Waals surface area (Å²) >= 11 is 0. The smallest absolute Gasteiger partial charge is 0.235 e. The largest absolute Gasteiger partial charge is 0.355 e. The van der Waals surface area contributed by atoms with Crippen molar-refractivity contribution in [2.45, 2.75) is 52.0 Å². The highest BCUT2D eigenvalue weighted by atomic mass is 16.2. The molecule has 1 fully saturated rings. The molecule has 2 amide bonds. The van der Waals surface area contributed by atoms with Crippen LogP contribution < -0.4 is 10.6 Å². The standard InChI is InChI=1S/C15H29N3O2/c1-15(2,13(19)16-10-7-11-18(3)4)14(20)17-12-8-5-6-9-12/h12H,5-11H2,1-4H3,(H,16,19)(H,17,20). The van der Waals surface area contributed by atoms with Crippen LogP contribution in [0.3, 0.4) is 0 Å². The number of nitrogens with one attached hydrogen (secondary N) is 2. The summed E-state index contributed by atoms with van der Waals surface area (Å²) in [7, 11) is 4.00. The number of hydrogen-bond acceptors (Lipinski definition) is 3. The molecule has 1 aliphatic carbocycles. The first-order valence-corrected chi connectivity index (χ1v) is 7.58. The lowest BCUT2D eigenvalue weighted by molar-refractivity contribution is -0.141. The third-order valence-electron chi connectivity index (χ3n) is 3.89. The van der Waals surface area contributed by atoms with Crippen LogP contribution in [0.5, 0.6) is 0 Å². The van der Waals surface area contributed by atoms with E-state index in [1.54, 1.807) is 13.8 Å². The highest BCUT2D eigenvalue weighted by Crippen LogP contribution is 2.21. The van der Waals surface area contributed by atoms with Crippen LogP contribution in [0.25, 0.3) is 0 Å². The first kappa shape index (κ1) is 17.0. The van der Waals surface area contributed by atoms with Gasteiger partial charge in [-0.2, -0.15) is 0 Å². The van der Waals surface area contributed by atoms with Gasteiger partial charge >= 0.3 is 0 Å². The number of hydrogen-bond donors (Lipinski definition) is 2. The van der Waals surface area contributed by atoms with E-state index in [-0.39, 0.29) is 17.9 Å². The maximum absolute atomic E-state index is 12.2. The monoisotopic (exact) mass is 283 g/mol. The Bertz CT molecular complexity index is 334. The fourth-order valence-corrected chi connectivity index (χ4v) is 2.36. The summed E-state index contributed by atoms with van der Waals surface area (Å²) < 4.78 is 0. The molecule has 0 heterocycles. The van der Waals surface area contributed by atoms with E-state index in [2.05, 4.69) is 15.5 Å². The van der Waals surface area contributed by atoms with Gasteiger partial charge in [0.05, 0.1) is 0 Å². The molecule has 20 heavy (non-hydrogen) atoms. The molecule has 0 spiro atoms. The third kappa shape index (κ3) is 5.12. The highest BCUT2D eigenvalue weighted by Gasteiger charge is 2.37. The SMILES string of the molecule is CN(C)CCCNC(=O)C(C)(C)C(=O)NC1CCCC1. The summed E-state index contributed by atoms with van der Waals surface area (Å²) in [6.45, 7) is 4.92. The summed E-state index contributed by atoms with van der Waals surface area (Å²) in [5.74, 6) is -0.346. The van der Waals surface area contributed by atoms with Gasteiger partial charge in [-0.25, -0.2) is 0 Å². The van der Waals surface area contributed by atoms with Crippen molar-refractivity contribution in [3.05, 3.63) is 0 Å². The van der Waals surface area contributed by atoms with E-state index in [0.29, 0.717) is 6.54 Å². The Labute approximate surface area is 122 Å². The minimum atomic E-state index is -0.999. The molecule has 0 aromatic rings. The fraction of sp³-hybridized carbons (Fsp3) is 0.867. The van der Waals surface area contributed by atoms with Crippen LogP contribution in [-0.2, 0) is 9.59 Å². The van der Waals surface area contributed by atoms with Gasteiger partial charge in [0.25, 0.3) is 0 Å². The van der Waals surface area contributed by atoms with Gasteiger partial charge in [-0.15, -0.1) is 0 Å². The molecule has 0 radical (unpaired) electrons. The zero-order valence-corrected chi connectivity index (χ0v) is 13.3. The molecule has 2 N–H and O–H groups in total. The van der Waals surface area contributed by atoms with Crippen LogP contribution in [-0.4, -0.2) is 49.9 Å². The minimum Gasteiger partial charge on any atom is -0.355 e. The number of nitrogens with zero attached hydrogens (tertiary/aromatic N) is 1. The Balaban J connectivity index is 2.36. The van der Waals surface area contributed by atoms with Gasteiger partial charge in [-0.3, -0.25) is 9.59 Å². The van der Waals surface area contributed by atoms with Gasteiger partial charge in [-0.05, 0) is 53.8 Å². The highest BCUT2D eigenvalue weighted by molar-refractivity contribution is 6.04. The van der Waals surface area contributed by atoms with Crippen molar-refractivity contribution in [3.63, 3.8) is 0 Å². The van der Waals surface area contributed by atoms with E-state index in [0.717, 1.165) is 25.8 Å². The Morgan fingerprint density at radius 3 is 2.30 bits per heavy atom. The van der Waals surface area contributed by atoms with Crippen LogP contribution >= 0.6 is 0 Å². The van der Waals surface area contributed by atoms with Gasteiger partial charge in [-0.1, -0.05) is 12.8 Å². The molecule has 0 saturated heterocycles. The van der Waals surface area contributed by atoms with Gasteiger partial charge in [0.1, 0.15) is 5.41 Å². The predicted octanol–water partition coefficient (Wildman–Crippen LogP) is 1.14. The van der Waals surface area contributed by atoms with Crippen molar-refractivity contribution in [1.29, 1.82) is 0 Å². The molecule has 1 saturated carbocycles. The first-order chi connectivity index (χ1) is 9.34. The second-order valence-corrected chi connectivity index (χ2v) is 6.49. The van der Waals surface area contributed by atoms with Gasteiger partial charge in [0.15, 0.2) is 0 Å². The van der Waals surface area contributed by atoms with Gasteiger partial charge in [0.2, 0.25) is 11.8 Å². The summed E-state index contributed by atoms with van der Waals surface area (Å²) in [4.78, 5) is 26.4. The molecule has 0 atom stereocenters. The Morgan fingerprint density at radius 2 is 1.75 bits per heavy atom. The van der Waals surface area contributed by atoms with Crippen molar-refractivity contribution in [3.8, 4) is 0 Å². The number of carbonyl (C=O) groups excluding carboxylic acids is 2. The predicted molar refractivity (Wildman–Crippen MR) is 80.4 cm³/mol. The Kier molecular flexibility index (Phi) is 6.46. The van der Waals surface area contributed by atoms with Crippen molar-refractivity contribution in [2.24, 2.45) is 5.41 Å². The molecule has 5 nitrogen and oxygen atoms in total. The minimum absolute atomic E-state index is 0.158. The number of carbonyl (C=O) groups is 2. The molecule has 116 valence electrons. The molecule has 1 rings (SSSR count). The van der Waals surface area contributed by atoms with Crippen LogP contribution in [0.15, 0.2) is 0 Å². The zero-order valence-electron chi connectivity index (χ0n) is 13.3. The van der Waals surface area contributed by atoms with E-state index in [1.807, 2.05) is 14.1 Å². The normalized spacial score (nSPS) is 16.4. The van der Waals surface area contributed by atoms with E-state index >= 15 is 0 Å². The third-order valence-corrected chi connectivity index (χ3v) is 3.89. The fourth-order valence-electron chi connectivity index (χ4n) is 2.36. The van der Waals surface area contributed by atoms with Crippen molar-refractivity contribution in [1.82, 2.24) is 15.5 Å². The number of rotatable bonds is 7. The Morgan fingerprint density at radius 1 is 1.15 bits per heavy atom. The quantitative estimate of drug-likeness (QED) is 0.544. The zero-order chi connectivity index (χ0) is 15.2. The maximum Gasteiger partial charge on any atom is 0.235 e. The van der Waals surface area contributed by atoms with Crippen molar-refractivity contribution in [2.75, 3.05) is 27.2 Å². The summed E-state index contributed by atoms with van der Waals surface area (Å²) in [6.07, 6.45) is 5.29. The van der Waals surface area contributed by atoms with Crippen molar-refractivity contribution >= 4 is 11.8 Å². The summed E-state index contributed by atoms with van der Waals surface area (Å²) in [6, 6.07) is 0.253. The van der Waals surface area contributed by atoms with Crippen LogP contribution in [0.1, 0.15) is 46.0 Å². The Hall–Kier alpha value is -1.10. The summed E-state index contributed by atoms with van der Waals surface area (Å²) in [5.41, 5.74) is -0.999. The lowest BCUT2D eigenvalue weighted by atomic mass is 9.90. The molecule has 0 aromatic heterocycles. The van der Waals surface area contributed by atoms with Crippen LogP contribution in [0.4, 0.5) is 0 Å². The molecule has 0 aliphatic heterocycles. The van der Waals surface area contributed by atoms with E-state index < -0.39 is 5.41 Å². The second-order valence-electron chi connectivity index (χ2n) is 6.49. The molecular weight excluding hydrogens is 254 g/mol. The molecule has 0 aromatic carbocycles. The maximum atomic E-state index is 12.2. The van der Waals surface area contributed by atoms with Gasteiger partial charge in [0, 0.05) is 12.6 Å². The first-order valence-electron chi connectivity index (χ1n) is 7.58. The topological polar surface area (TPSA) is 61.4 Å². The van der Waals surface area contributed by atoms with E-state index in [4.69, 9.17) is 0 Å². The van der Waals surface area contributed by atoms with Crippen LogP contribution in [0, 0.1) is 5.41 Å². The summed E-state index contributed by atoms with van der Waals surface area (Å²) in [5, 5.41) is 5.86. The van der Waals surface area contributed by atoms with Crippen LogP contribution in [0.2, 0.25) is 0 Å². The van der Waals surface area contributed by atoms with Gasteiger partial charge < -0.3 is 15.5 Å². The molecular formula is C15H29N3O2. The molecule has 0 bridgehead atoms. The van der Waals surface area contributed by atoms with Crippen molar-refractivity contribution < 1.29 is 9.59 Å². The molecule has 0 unspecified atom stereocenters. The molecule has 5 heteroatoms. The van der Waals surface area contributed by atoms with E-state index in [1.165, 1.54) is 12.8 Å². The van der Waals surface area contributed by atoms with E-state index in [9.17, 15) is 9.59 Å². The second kappa shape index (κ2) is 7.62. The molecule has 1 aliphatic rings. The lowest BCUT2D eigenvalue weighted by Crippen LogP contribution is -2.50. The number of amides is 2.